The Morgan fingerprint density at radius 3 is 1.73 bits per heavy atom. The highest BCUT2D eigenvalue weighted by atomic mass is 16.8. The lowest BCUT2D eigenvalue weighted by atomic mass is 9.32. The van der Waals surface area contributed by atoms with E-state index >= 15 is 0 Å². The fourth-order valence-corrected chi connectivity index (χ4v) is 17.9. The van der Waals surface area contributed by atoms with Crippen molar-refractivity contribution in [3.05, 3.63) is 23.3 Å². The van der Waals surface area contributed by atoms with Gasteiger partial charge >= 0.3 is 23.9 Å². The van der Waals surface area contributed by atoms with Crippen molar-refractivity contribution in [3.63, 3.8) is 0 Å². The molecule has 13 N–H and O–H groups in total. The molecule has 0 aromatic heterocycles. The SMILES string of the molecule is C/C=C(/C)C(=O)O[C@@H]1[C@H](O[C@@H]2O[C@@H](C)[C@H](OC(C)=O)[C@@H](OC(C)=O)[C@H]2O)C(C)(C)CC2C3=CCC4[C@@]5(C)CC[C@H](O[C@H]6O[C@H](C(=O)O)[C@@H](O)[C@H](O[C@H]7O[C@H](CO)[C@@H](O)[C@@H]7O)[C@H]6O[C@@H]6O[C@H](CO)[C@H](O)[C@H](O)[C@H]6O)C(C)(C)C5CC[C@@]4(C)[C@]3(C)[C@H](O)[C@H](O)[C@]21CO. The van der Waals surface area contributed by atoms with Crippen molar-refractivity contribution in [1.29, 1.82) is 0 Å². The maximum Gasteiger partial charge on any atom is 0.335 e. The minimum Gasteiger partial charge on any atom is -0.479 e. The number of allylic oxidation sites excluding steroid dienone is 2. The molecule has 0 aromatic rings. The molecule has 9 aliphatic rings. The molecule has 28 heteroatoms. The van der Waals surface area contributed by atoms with Gasteiger partial charge in [0, 0.05) is 24.8 Å². The van der Waals surface area contributed by atoms with E-state index in [-0.39, 0.29) is 30.3 Å². The number of hydrogen-bond donors (Lipinski definition) is 13. The van der Waals surface area contributed by atoms with Crippen molar-refractivity contribution in [3.8, 4) is 0 Å². The minimum atomic E-state index is -2.15. The summed E-state index contributed by atoms with van der Waals surface area (Å²) < 4.78 is 66.9. The Labute approximate surface area is 522 Å². The number of fused-ring (bicyclic) bond motifs is 7. The second-order valence-corrected chi connectivity index (χ2v) is 28.6. The zero-order valence-corrected chi connectivity index (χ0v) is 53.0. The Morgan fingerprint density at radius 1 is 0.600 bits per heavy atom. The highest BCUT2D eigenvalue weighted by molar-refractivity contribution is 5.87. The summed E-state index contributed by atoms with van der Waals surface area (Å²) in [4.78, 5) is 51.8. The fourth-order valence-electron chi connectivity index (χ4n) is 17.9. The quantitative estimate of drug-likeness (QED) is 0.0282. The molecule has 3 unspecified atom stereocenters. The highest BCUT2D eigenvalue weighted by Gasteiger charge is 2.77. The Bertz CT molecular complexity index is 2690. The van der Waals surface area contributed by atoms with Crippen LogP contribution < -0.4 is 0 Å². The molecule has 512 valence electrons. The van der Waals surface area contributed by atoms with Crippen LogP contribution in [0.2, 0.25) is 0 Å². The predicted molar refractivity (Wildman–Crippen MR) is 304 cm³/mol. The number of rotatable bonds is 16. The van der Waals surface area contributed by atoms with E-state index in [1.165, 1.54) is 19.9 Å². The zero-order valence-electron chi connectivity index (χ0n) is 53.0. The van der Waals surface area contributed by atoms with Gasteiger partial charge in [0.1, 0.15) is 79.4 Å². The molecule has 4 aliphatic heterocycles. The monoisotopic (exact) mass is 1290 g/mol. The van der Waals surface area contributed by atoms with E-state index in [1.54, 1.807) is 6.92 Å². The molecular weight excluding hydrogens is 1190 g/mol. The van der Waals surface area contributed by atoms with Crippen LogP contribution in [-0.2, 0) is 71.3 Å². The third-order valence-electron chi connectivity index (χ3n) is 23.0. The van der Waals surface area contributed by atoms with E-state index in [0.29, 0.717) is 25.7 Å². The number of aliphatic carboxylic acids is 1. The average molecular weight is 1290 g/mol. The molecule has 0 amide bonds. The summed E-state index contributed by atoms with van der Waals surface area (Å²) in [5, 5.41) is 147. The van der Waals surface area contributed by atoms with Crippen molar-refractivity contribution < 1.29 is 138 Å². The van der Waals surface area contributed by atoms with Crippen LogP contribution in [0, 0.1) is 50.2 Å². The number of hydrogen-bond acceptors (Lipinski definition) is 27. The second kappa shape index (κ2) is 25.9. The smallest absolute Gasteiger partial charge is 0.335 e. The Balaban J connectivity index is 1.05. The first-order valence-electron chi connectivity index (χ1n) is 31.3. The number of carbonyl (C=O) groups is 4. The average Bonchev–Trinajstić information content (AvgIpc) is 0.712. The maximum absolute atomic E-state index is 14.2. The van der Waals surface area contributed by atoms with Crippen molar-refractivity contribution in [2.45, 2.75) is 269 Å². The van der Waals surface area contributed by atoms with E-state index in [9.17, 15) is 85.6 Å². The van der Waals surface area contributed by atoms with Gasteiger partial charge in [0.05, 0.1) is 49.7 Å². The number of carbonyl (C=O) groups excluding carboxylic acids is 3. The summed E-state index contributed by atoms with van der Waals surface area (Å²) in [7, 11) is 0. The molecule has 4 saturated carbocycles. The van der Waals surface area contributed by atoms with Gasteiger partial charge in [0.2, 0.25) is 0 Å². The number of aliphatic hydroxyl groups excluding tert-OH is 12. The molecular formula is C62H96O28. The molecule has 5 aliphatic carbocycles. The van der Waals surface area contributed by atoms with Crippen LogP contribution in [0.1, 0.15) is 122 Å². The summed E-state index contributed by atoms with van der Waals surface area (Å²) in [6.45, 7) is 18.4. The number of carboxylic acids is 1. The van der Waals surface area contributed by atoms with E-state index in [0.717, 1.165) is 19.4 Å². The lowest BCUT2D eigenvalue weighted by Crippen LogP contribution is -2.77. The number of aliphatic hydroxyl groups is 12. The molecule has 9 rings (SSSR count). The molecule has 31 atom stereocenters. The Kier molecular flexibility index (Phi) is 20.4. The minimum absolute atomic E-state index is 0.171. The zero-order chi connectivity index (χ0) is 66.6. The van der Waals surface area contributed by atoms with Crippen LogP contribution in [0.5, 0.6) is 0 Å². The largest absolute Gasteiger partial charge is 0.479 e. The van der Waals surface area contributed by atoms with Crippen LogP contribution in [-0.4, -0.2) is 257 Å². The van der Waals surface area contributed by atoms with Gasteiger partial charge in [-0.15, -0.1) is 0 Å². The van der Waals surface area contributed by atoms with Crippen molar-refractivity contribution in [2.24, 2.45) is 50.2 Å². The van der Waals surface area contributed by atoms with Crippen LogP contribution in [0.25, 0.3) is 0 Å². The first-order valence-corrected chi connectivity index (χ1v) is 31.3. The molecule has 4 saturated heterocycles. The molecule has 8 fully saturated rings. The molecule has 0 radical (unpaired) electrons. The molecule has 0 aromatic carbocycles. The molecule has 4 heterocycles. The molecule has 90 heavy (non-hydrogen) atoms. The van der Waals surface area contributed by atoms with E-state index < -0.39 is 229 Å². The molecule has 0 spiro atoms. The number of ether oxygens (including phenoxy) is 11. The van der Waals surface area contributed by atoms with Crippen molar-refractivity contribution in [1.82, 2.24) is 0 Å². The summed E-state index contributed by atoms with van der Waals surface area (Å²) in [5.41, 5.74) is -5.45. The third-order valence-corrected chi connectivity index (χ3v) is 23.0. The number of carboxylic acid groups (broad SMARTS) is 1. The van der Waals surface area contributed by atoms with Crippen molar-refractivity contribution >= 4 is 23.9 Å². The Hall–Kier alpha value is -3.44. The molecule has 28 nitrogen and oxygen atoms in total. The summed E-state index contributed by atoms with van der Waals surface area (Å²) in [6.07, 6.45) is -34.1. The number of esters is 3. The first kappa shape index (κ1) is 70.9. The predicted octanol–water partition coefficient (Wildman–Crippen LogP) is -1.26. The summed E-state index contributed by atoms with van der Waals surface area (Å²) in [5.74, 6) is -5.23. The van der Waals surface area contributed by atoms with Crippen molar-refractivity contribution in [2.75, 3.05) is 19.8 Å². The summed E-state index contributed by atoms with van der Waals surface area (Å²) >= 11 is 0. The Morgan fingerprint density at radius 2 is 1.17 bits per heavy atom. The lowest BCUT2D eigenvalue weighted by Gasteiger charge is -2.73. The lowest BCUT2D eigenvalue weighted by molar-refractivity contribution is -0.386. The van der Waals surface area contributed by atoms with Gasteiger partial charge in [-0.2, -0.15) is 0 Å². The van der Waals surface area contributed by atoms with Crippen LogP contribution in [0.15, 0.2) is 23.3 Å². The van der Waals surface area contributed by atoms with Gasteiger partial charge < -0.3 is 118 Å². The van der Waals surface area contributed by atoms with E-state index in [1.807, 2.05) is 34.6 Å². The maximum atomic E-state index is 14.2. The van der Waals surface area contributed by atoms with Crippen LogP contribution in [0.4, 0.5) is 0 Å². The first-order chi connectivity index (χ1) is 42.0. The van der Waals surface area contributed by atoms with Crippen LogP contribution in [0.3, 0.4) is 0 Å². The molecule has 0 bridgehead atoms. The standard InChI is InChI=1S/C62H96O28/c1-13-24(2)52(79)89-50-49(90-55-41(74)44(82-27(5)67)42(25(3)80-55)81-26(4)66)57(6,7)20-29-28-14-15-33-59(10)18-17-34(58(8,9)32(59)16-19-60(33,11)61(28,12)47(75)48(76)62(29,50)23-65)85-56-46(88-54-39(72)37(70)35(68)30(21-63)83-54)43(40(73)45(87-56)51(77)78)86-53-38(71)36(69)31(22-64)84-53/h13-14,25,29-50,53-56,63-65,68-76H,15-23H2,1-12H3,(H,77,78)/b24-13-/t25-,29?,30+,31+,32?,33?,34-,35-,36+,37-,38-,39+,40-,41+,42-,43-,44-,45-,46+,47+,48-,49-,50+,53+,54-,55-,56-,59-,60+,61-,62-/m0/s1. The van der Waals surface area contributed by atoms with Gasteiger partial charge in [-0.1, -0.05) is 66.2 Å². The second-order valence-electron chi connectivity index (χ2n) is 28.6. The van der Waals surface area contributed by atoms with E-state index in [2.05, 4.69) is 19.9 Å². The normalized spacial score (nSPS) is 49.8. The topological polar surface area (TPSA) is 433 Å². The van der Waals surface area contributed by atoms with Gasteiger partial charge in [-0.3, -0.25) is 9.59 Å². The third kappa shape index (κ3) is 11.5. The van der Waals surface area contributed by atoms with Gasteiger partial charge in [0.25, 0.3) is 0 Å². The summed E-state index contributed by atoms with van der Waals surface area (Å²) in [6, 6.07) is 0. The highest BCUT2D eigenvalue weighted by Crippen LogP contribution is 2.76. The van der Waals surface area contributed by atoms with Crippen LogP contribution >= 0.6 is 0 Å². The van der Waals surface area contributed by atoms with E-state index in [4.69, 9.17) is 52.1 Å². The van der Waals surface area contributed by atoms with Gasteiger partial charge in [-0.25, -0.2) is 9.59 Å². The fraction of sp³-hybridized carbons (Fsp3) is 0.871. The van der Waals surface area contributed by atoms with Gasteiger partial charge in [-0.05, 0) is 98.7 Å². The van der Waals surface area contributed by atoms with Gasteiger partial charge in [0.15, 0.2) is 43.5 Å².